The topological polar surface area (TPSA) is 87.7 Å². The van der Waals surface area contributed by atoms with Crippen LogP contribution in [-0.4, -0.2) is 28.9 Å². The van der Waals surface area contributed by atoms with E-state index in [9.17, 15) is 13.6 Å². The molecule has 4 N–H and O–H groups in total. The van der Waals surface area contributed by atoms with Crippen LogP contribution < -0.4 is 11.1 Å². The van der Waals surface area contributed by atoms with Crippen LogP contribution >= 0.6 is 0 Å². The second-order valence-corrected chi connectivity index (χ2v) is 4.67. The van der Waals surface area contributed by atoms with Crippen molar-refractivity contribution in [3.05, 3.63) is 0 Å². The Kier molecular flexibility index (Phi) is 4.86. The van der Waals surface area contributed by atoms with Crippen LogP contribution in [0.4, 0.5) is 8.78 Å². The SMILES string of the molecule is CCCC(NC(=O)C1CCC(F)(F)C1)C(N)=NO. The minimum Gasteiger partial charge on any atom is -0.409 e. The van der Waals surface area contributed by atoms with Gasteiger partial charge in [-0.2, -0.15) is 0 Å². The highest BCUT2D eigenvalue weighted by atomic mass is 19.3. The predicted molar refractivity (Wildman–Crippen MR) is 62.5 cm³/mol. The molecule has 2 atom stereocenters. The highest BCUT2D eigenvalue weighted by molar-refractivity contribution is 5.90. The Balaban J connectivity index is 2.57. The Morgan fingerprint density at radius 2 is 2.33 bits per heavy atom. The number of carbonyl (C=O) groups is 1. The Morgan fingerprint density at radius 3 is 2.78 bits per heavy atom. The summed E-state index contributed by atoms with van der Waals surface area (Å²) in [7, 11) is 0. The van der Waals surface area contributed by atoms with E-state index >= 15 is 0 Å². The Morgan fingerprint density at radius 1 is 1.67 bits per heavy atom. The molecule has 0 heterocycles. The van der Waals surface area contributed by atoms with Crippen molar-refractivity contribution < 1.29 is 18.8 Å². The van der Waals surface area contributed by atoms with Gasteiger partial charge in [-0.25, -0.2) is 8.78 Å². The summed E-state index contributed by atoms with van der Waals surface area (Å²) in [5, 5.41) is 14.0. The first-order valence-electron chi connectivity index (χ1n) is 6.05. The molecule has 0 bridgehead atoms. The first kappa shape index (κ1) is 14.7. The maximum absolute atomic E-state index is 13.0. The van der Waals surface area contributed by atoms with Crippen LogP contribution in [0.2, 0.25) is 0 Å². The Bertz CT molecular complexity index is 334. The predicted octanol–water partition coefficient (Wildman–Crippen LogP) is 1.45. The lowest BCUT2D eigenvalue weighted by atomic mass is 10.1. The second-order valence-electron chi connectivity index (χ2n) is 4.67. The van der Waals surface area contributed by atoms with Crippen LogP contribution in [0, 0.1) is 5.92 Å². The zero-order valence-corrected chi connectivity index (χ0v) is 10.3. The number of nitrogens with two attached hydrogens (primary N) is 1. The maximum atomic E-state index is 13.0. The van der Waals surface area contributed by atoms with Gasteiger partial charge in [-0.15, -0.1) is 0 Å². The minimum absolute atomic E-state index is 0.102. The lowest BCUT2D eigenvalue weighted by molar-refractivity contribution is -0.126. The fourth-order valence-corrected chi connectivity index (χ4v) is 2.12. The van der Waals surface area contributed by atoms with Crippen molar-refractivity contribution in [1.29, 1.82) is 0 Å². The van der Waals surface area contributed by atoms with E-state index in [4.69, 9.17) is 10.9 Å². The number of oxime groups is 1. The van der Waals surface area contributed by atoms with Gasteiger partial charge in [0.1, 0.15) is 0 Å². The summed E-state index contributed by atoms with van der Waals surface area (Å²) in [6.07, 6.45) is 0.724. The fraction of sp³-hybridized carbons (Fsp3) is 0.818. The molecule has 1 aliphatic carbocycles. The molecule has 0 aromatic rings. The molecule has 1 aliphatic rings. The largest absolute Gasteiger partial charge is 0.409 e. The molecule has 7 heteroatoms. The van der Waals surface area contributed by atoms with Crippen molar-refractivity contribution in [3.8, 4) is 0 Å². The molecule has 0 aromatic heterocycles. The molecule has 0 aromatic carbocycles. The molecule has 18 heavy (non-hydrogen) atoms. The molecule has 0 saturated heterocycles. The summed E-state index contributed by atoms with van der Waals surface area (Å²) < 4.78 is 26.0. The Labute approximate surface area is 104 Å². The second kappa shape index (κ2) is 5.97. The van der Waals surface area contributed by atoms with Gasteiger partial charge in [0.25, 0.3) is 0 Å². The van der Waals surface area contributed by atoms with Crippen molar-refractivity contribution >= 4 is 11.7 Å². The minimum atomic E-state index is -2.75. The van der Waals surface area contributed by atoms with Crippen LogP contribution in [0.5, 0.6) is 0 Å². The van der Waals surface area contributed by atoms with Gasteiger partial charge in [0.15, 0.2) is 5.84 Å². The van der Waals surface area contributed by atoms with E-state index in [0.717, 1.165) is 6.42 Å². The summed E-state index contributed by atoms with van der Waals surface area (Å²) in [6.45, 7) is 1.88. The van der Waals surface area contributed by atoms with Crippen molar-refractivity contribution in [2.75, 3.05) is 0 Å². The number of carbonyl (C=O) groups excluding carboxylic acids is 1. The van der Waals surface area contributed by atoms with E-state index in [-0.39, 0.29) is 18.7 Å². The average molecular weight is 263 g/mol. The molecular formula is C11H19F2N3O2. The van der Waals surface area contributed by atoms with Gasteiger partial charge in [0.05, 0.1) is 6.04 Å². The lowest BCUT2D eigenvalue weighted by Gasteiger charge is -2.19. The van der Waals surface area contributed by atoms with Crippen LogP contribution in [0.3, 0.4) is 0 Å². The van der Waals surface area contributed by atoms with E-state index < -0.39 is 30.2 Å². The molecule has 104 valence electrons. The maximum Gasteiger partial charge on any atom is 0.248 e. The van der Waals surface area contributed by atoms with E-state index in [1.807, 2.05) is 6.92 Å². The van der Waals surface area contributed by atoms with Crippen molar-refractivity contribution in [2.45, 2.75) is 51.0 Å². The number of halogens is 2. The zero-order chi connectivity index (χ0) is 13.8. The van der Waals surface area contributed by atoms with Crippen LogP contribution in [0.1, 0.15) is 39.0 Å². The van der Waals surface area contributed by atoms with Crippen molar-refractivity contribution in [1.82, 2.24) is 5.32 Å². The Hall–Kier alpha value is -1.40. The van der Waals surface area contributed by atoms with Crippen LogP contribution in [-0.2, 0) is 4.79 Å². The van der Waals surface area contributed by atoms with Gasteiger partial charge >= 0.3 is 0 Å². The quantitative estimate of drug-likeness (QED) is 0.303. The van der Waals surface area contributed by atoms with Gasteiger partial charge in [-0.3, -0.25) is 4.79 Å². The molecule has 5 nitrogen and oxygen atoms in total. The van der Waals surface area contributed by atoms with Gasteiger partial charge in [-0.05, 0) is 12.8 Å². The molecule has 2 unspecified atom stereocenters. The third-order valence-corrected chi connectivity index (χ3v) is 3.14. The molecule has 0 aliphatic heterocycles. The summed E-state index contributed by atoms with van der Waals surface area (Å²) in [5.74, 6) is -3.99. The van der Waals surface area contributed by atoms with E-state index in [2.05, 4.69) is 10.5 Å². The summed E-state index contributed by atoms with van der Waals surface area (Å²) in [4.78, 5) is 11.8. The number of hydrogen-bond donors (Lipinski definition) is 3. The number of hydrogen-bond acceptors (Lipinski definition) is 3. The fourth-order valence-electron chi connectivity index (χ4n) is 2.12. The van der Waals surface area contributed by atoms with Gasteiger partial charge in [0.2, 0.25) is 11.8 Å². The smallest absolute Gasteiger partial charge is 0.248 e. The van der Waals surface area contributed by atoms with Gasteiger partial charge in [0, 0.05) is 18.8 Å². The number of amides is 1. The first-order chi connectivity index (χ1) is 8.39. The van der Waals surface area contributed by atoms with Crippen LogP contribution in [0.15, 0.2) is 5.16 Å². The normalized spacial score (nSPS) is 24.8. The highest BCUT2D eigenvalue weighted by Gasteiger charge is 2.42. The molecule has 0 radical (unpaired) electrons. The van der Waals surface area contributed by atoms with Crippen molar-refractivity contribution in [3.63, 3.8) is 0 Å². The monoisotopic (exact) mass is 263 g/mol. The third kappa shape index (κ3) is 3.82. The standard InChI is InChI=1S/C11H19F2N3O2/c1-2-3-8(9(14)16-18)15-10(17)7-4-5-11(12,13)6-7/h7-8,18H,2-6H2,1H3,(H2,14,16)(H,15,17). The average Bonchev–Trinajstić information content (AvgIpc) is 2.68. The summed E-state index contributed by atoms with van der Waals surface area (Å²) in [5.41, 5.74) is 5.44. The molecule has 1 saturated carbocycles. The number of alkyl halides is 2. The van der Waals surface area contributed by atoms with Crippen LogP contribution in [0.25, 0.3) is 0 Å². The molecule has 1 fully saturated rings. The van der Waals surface area contributed by atoms with Gasteiger partial charge < -0.3 is 16.3 Å². The highest BCUT2D eigenvalue weighted by Crippen LogP contribution is 2.38. The van der Waals surface area contributed by atoms with Crippen molar-refractivity contribution in [2.24, 2.45) is 16.8 Å². The first-order valence-corrected chi connectivity index (χ1v) is 6.05. The number of nitrogens with zero attached hydrogens (tertiary/aromatic N) is 1. The zero-order valence-electron chi connectivity index (χ0n) is 10.3. The molecule has 0 spiro atoms. The third-order valence-electron chi connectivity index (χ3n) is 3.14. The van der Waals surface area contributed by atoms with E-state index in [1.54, 1.807) is 0 Å². The molecular weight excluding hydrogens is 244 g/mol. The number of nitrogens with one attached hydrogen (secondary N) is 1. The van der Waals surface area contributed by atoms with E-state index in [0.29, 0.717) is 6.42 Å². The summed E-state index contributed by atoms with van der Waals surface area (Å²) >= 11 is 0. The van der Waals surface area contributed by atoms with Gasteiger partial charge in [-0.1, -0.05) is 18.5 Å². The summed E-state index contributed by atoms with van der Waals surface area (Å²) in [6, 6.07) is -0.596. The molecule has 1 rings (SSSR count). The molecule has 1 amide bonds. The van der Waals surface area contributed by atoms with E-state index in [1.165, 1.54) is 0 Å². The number of rotatable bonds is 5. The number of amidine groups is 1. The lowest BCUT2D eigenvalue weighted by Crippen LogP contribution is -2.46.